The third-order valence-corrected chi connectivity index (χ3v) is 5.16. The molecule has 2 aliphatic rings. The van der Waals surface area contributed by atoms with Crippen LogP contribution in [0.4, 0.5) is 10.2 Å². The van der Waals surface area contributed by atoms with Crippen molar-refractivity contribution in [3.8, 4) is 0 Å². The van der Waals surface area contributed by atoms with Gasteiger partial charge in [-0.15, -0.1) is 0 Å². The highest BCUT2D eigenvalue weighted by molar-refractivity contribution is 5.85. The van der Waals surface area contributed by atoms with E-state index in [0.29, 0.717) is 6.54 Å². The first kappa shape index (κ1) is 19.5. The van der Waals surface area contributed by atoms with Crippen molar-refractivity contribution in [2.24, 2.45) is 0 Å². The number of aliphatic carboxylic acids is 1. The first-order valence-electron chi connectivity index (χ1n) is 9.60. The van der Waals surface area contributed by atoms with Crippen molar-refractivity contribution in [2.45, 2.75) is 44.2 Å². The van der Waals surface area contributed by atoms with Crippen LogP contribution in [0.3, 0.4) is 0 Å². The number of halogens is 1. The van der Waals surface area contributed by atoms with Crippen LogP contribution in [0.2, 0.25) is 0 Å². The van der Waals surface area contributed by atoms with Crippen molar-refractivity contribution in [1.29, 1.82) is 0 Å². The van der Waals surface area contributed by atoms with Crippen molar-refractivity contribution < 1.29 is 19.1 Å². The Morgan fingerprint density at radius 3 is 3.04 bits per heavy atom. The molecule has 3 N–H and O–H groups in total. The van der Waals surface area contributed by atoms with Crippen LogP contribution in [-0.4, -0.2) is 65.3 Å². The molecule has 1 unspecified atom stereocenters. The molecule has 0 bridgehead atoms. The van der Waals surface area contributed by atoms with Crippen LogP contribution >= 0.6 is 0 Å². The van der Waals surface area contributed by atoms with Crippen LogP contribution in [0.1, 0.15) is 36.9 Å². The fraction of sp³-hybridized carbons (Fsp3) is 0.632. The van der Waals surface area contributed by atoms with Crippen LogP contribution in [-0.2, 0) is 22.4 Å². The number of aromatic nitrogens is 1. The molecule has 0 radical (unpaired) electrons. The number of rotatable bonds is 8. The van der Waals surface area contributed by atoms with Gasteiger partial charge in [0.1, 0.15) is 5.82 Å². The number of carboxylic acids is 1. The Hall–Kier alpha value is -2.22. The second kappa shape index (κ2) is 8.65. The number of alkyl halides is 1. The van der Waals surface area contributed by atoms with Gasteiger partial charge in [-0.2, -0.15) is 0 Å². The Balaban J connectivity index is 1.36. The minimum atomic E-state index is -1.98. The molecule has 1 atom stereocenters. The summed E-state index contributed by atoms with van der Waals surface area (Å²) in [4.78, 5) is 28.9. The molecule has 0 aromatic carbocycles. The summed E-state index contributed by atoms with van der Waals surface area (Å²) < 4.78 is 14.7. The minimum Gasteiger partial charge on any atom is -0.480 e. The summed E-state index contributed by atoms with van der Waals surface area (Å²) >= 11 is 0. The monoisotopic (exact) mass is 378 g/mol. The maximum absolute atomic E-state index is 14.7. The highest BCUT2D eigenvalue weighted by Gasteiger charge is 2.45. The number of nitrogens with one attached hydrogen (secondary N) is 2. The predicted octanol–water partition coefficient (Wildman–Crippen LogP) is 1.38. The van der Waals surface area contributed by atoms with Crippen molar-refractivity contribution in [2.75, 3.05) is 38.0 Å². The number of pyridine rings is 1. The predicted molar refractivity (Wildman–Crippen MR) is 99.5 cm³/mol. The van der Waals surface area contributed by atoms with Crippen LogP contribution in [0, 0.1) is 0 Å². The highest BCUT2D eigenvalue weighted by atomic mass is 19.1. The maximum atomic E-state index is 14.7. The van der Waals surface area contributed by atoms with E-state index in [0.717, 1.165) is 50.2 Å². The molecule has 7 nitrogen and oxygen atoms in total. The van der Waals surface area contributed by atoms with E-state index < -0.39 is 17.5 Å². The van der Waals surface area contributed by atoms with Crippen molar-refractivity contribution in [3.05, 3.63) is 23.4 Å². The Bertz CT molecular complexity index is 700. The summed E-state index contributed by atoms with van der Waals surface area (Å²) in [5, 5.41) is 14.7. The standard InChI is InChI=1S/C19H27FN4O3/c20-19(8-11-24(13-19)12-16(25)26)18(27)22-9-2-1-5-15-7-6-14-4-3-10-21-17(14)23-15/h6-7H,1-5,8-13H2,(H,21,23)(H,22,27)(H,25,26). The van der Waals surface area contributed by atoms with Crippen LogP contribution in [0.5, 0.6) is 0 Å². The number of hydrogen-bond acceptors (Lipinski definition) is 5. The Morgan fingerprint density at radius 1 is 1.37 bits per heavy atom. The van der Waals surface area contributed by atoms with E-state index in [4.69, 9.17) is 5.11 Å². The van der Waals surface area contributed by atoms with Gasteiger partial charge in [0.25, 0.3) is 5.91 Å². The highest BCUT2D eigenvalue weighted by Crippen LogP contribution is 2.25. The molecule has 3 heterocycles. The van der Waals surface area contributed by atoms with E-state index in [1.165, 1.54) is 10.5 Å². The van der Waals surface area contributed by atoms with Crippen molar-refractivity contribution >= 4 is 17.7 Å². The normalized spacial score (nSPS) is 22.1. The van der Waals surface area contributed by atoms with E-state index in [1.54, 1.807) is 0 Å². The Morgan fingerprint density at radius 2 is 2.22 bits per heavy atom. The van der Waals surface area contributed by atoms with Gasteiger partial charge >= 0.3 is 5.97 Å². The van der Waals surface area contributed by atoms with Gasteiger partial charge in [-0.3, -0.25) is 14.5 Å². The van der Waals surface area contributed by atoms with Gasteiger partial charge in [-0.05, 0) is 43.7 Å². The van der Waals surface area contributed by atoms with Gasteiger partial charge in [0.15, 0.2) is 0 Å². The summed E-state index contributed by atoms with van der Waals surface area (Å²) in [6.07, 6.45) is 4.66. The van der Waals surface area contributed by atoms with E-state index in [9.17, 15) is 14.0 Å². The number of fused-ring (bicyclic) bond motifs is 1. The van der Waals surface area contributed by atoms with Crippen molar-refractivity contribution in [3.63, 3.8) is 0 Å². The molecular formula is C19H27FN4O3. The minimum absolute atomic E-state index is 0.0398. The first-order chi connectivity index (χ1) is 13.0. The summed E-state index contributed by atoms with van der Waals surface area (Å²) in [6.45, 7) is 1.27. The van der Waals surface area contributed by atoms with Gasteiger partial charge in [0.2, 0.25) is 5.67 Å². The van der Waals surface area contributed by atoms with Crippen molar-refractivity contribution in [1.82, 2.24) is 15.2 Å². The molecule has 1 aromatic heterocycles. The number of carboxylic acid groups (broad SMARTS) is 1. The average Bonchev–Trinajstić information content (AvgIpc) is 3.02. The smallest absolute Gasteiger partial charge is 0.317 e. The summed E-state index contributed by atoms with van der Waals surface area (Å²) in [5.41, 5.74) is 0.303. The summed E-state index contributed by atoms with van der Waals surface area (Å²) in [7, 11) is 0. The number of likely N-dealkylation sites (tertiary alicyclic amines) is 1. The van der Waals surface area contributed by atoms with Crippen LogP contribution in [0.25, 0.3) is 0 Å². The molecule has 0 aliphatic carbocycles. The summed E-state index contributed by atoms with van der Waals surface area (Å²) in [6, 6.07) is 4.18. The van der Waals surface area contributed by atoms with E-state index in [-0.39, 0.29) is 26.1 Å². The fourth-order valence-corrected chi connectivity index (χ4v) is 3.66. The number of carbonyl (C=O) groups excluding carboxylic acids is 1. The topological polar surface area (TPSA) is 94.6 Å². The lowest BCUT2D eigenvalue weighted by Gasteiger charge is -2.19. The number of nitrogens with zero attached hydrogens (tertiary/aromatic N) is 2. The quantitative estimate of drug-likeness (QED) is 0.592. The summed E-state index contributed by atoms with van der Waals surface area (Å²) in [5.74, 6) is -0.657. The molecule has 27 heavy (non-hydrogen) atoms. The molecule has 1 amide bonds. The zero-order chi connectivity index (χ0) is 19.3. The molecular weight excluding hydrogens is 351 g/mol. The second-order valence-corrected chi connectivity index (χ2v) is 7.37. The van der Waals surface area contributed by atoms with Crippen LogP contribution < -0.4 is 10.6 Å². The lowest BCUT2D eigenvalue weighted by atomic mass is 10.0. The van der Waals surface area contributed by atoms with E-state index in [1.807, 2.05) is 0 Å². The number of carbonyl (C=O) groups is 2. The zero-order valence-corrected chi connectivity index (χ0v) is 15.5. The SMILES string of the molecule is O=C(O)CN1CCC(F)(C(=O)NCCCCc2ccc3c(n2)NCCC3)C1. The second-order valence-electron chi connectivity index (χ2n) is 7.37. The fourth-order valence-electron chi connectivity index (χ4n) is 3.66. The molecule has 1 saturated heterocycles. The molecule has 1 fully saturated rings. The molecule has 8 heteroatoms. The third kappa shape index (κ3) is 5.15. The van der Waals surface area contributed by atoms with Gasteiger partial charge in [-0.1, -0.05) is 6.07 Å². The molecule has 148 valence electrons. The lowest BCUT2D eigenvalue weighted by Crippen LogP contribution is -2.46. The van der Waals surface area contributed by atoms with E-state index in [2.05, 4.69) is 27.8 Å². The number of hydrogen-bond donors (Lipinski definition) is 3. The van der Waals surface area contributed by atoms with Gasteiger partial charge in [0.05, 0.1) is 6.54 Å². The van der Waals surface area contributed by atoms with Gasteiger partial charge in [-0.25, -0.2) is 9.37 Å². The van der Waals surface area contributed by atoms with E-state index >= 15 is 0 Å². The van der Waals surface area contributed by atoms with Crippen LogP contribution in [0.15, 0.2) is 12.1 Å². The maximum Gasteiger partial charge on any atom is 0.317 e. The van der Waals surface area contributed by atoms with Gasteiger partial charge < -0.3 is 15.7 Å². The molecule has 2 aliphatic heterocycles. The molecule has 1 aromatic rings. The largest absolute Gasteiger partial charge is 0.480 e. The lowest BCUT2D eigenvalue weighted by molar-refractivity contribution is -0.139. The molecule has 3 rings (SSSR count). The number of anilines is 1. The average molecular weight is 378 g/mol. The van der Waals surface area contributed by atoms with Gasteiger partial charge in [0, 0.05) is 38.3 Å². The zero-order valence-electron chi connectivity index (χ0n) is 15.5. The number of aryl methyl sites for hydroxylation is 2. The number of unbranched alkanes of at least 4 members (excludes halogenated alkanes) is 1. The molecule has 0 saturated carbocycles. The molecule has 0 spiro atoms. The first-order valence-corrected chi connectivity index (χ1v) is 9.60. The Kier molecular flexibility index (Phi) is 6.26. The Labute approximate surface area is 158 Å². The third-order valence-electron chi connectivity index (χ3n) is 5.16. The number of amides is 1.